The van der Waals surface area contributed by atoms with Crippen molar-refractivity contribution in [3.8, 4) is 11.4 Å². The van der Waals surface area contributed by atoms with E-state index in [-0.39, 0.29) is 22.0 Å². The predicted octanol–water partition coefficient (Wildman–Crippen LogP) is 3.35. The number of alkyl halides is 3. The van der Waals surface area contributed by atoms with E-state index in [1.165, 1.54) is 18.2 Å². The van der Waals surface area contributed by atoms with Crippen LogP contribution in [0.4, 0.5) is 18.9 Å². The number of aromatic nitrogens is 3. The van der Waals surface area contributed by atoms with Gasteiger partial charge < -0.3 is 0 Å². The van der Waals surface area contributed by atoms with Gasteiger partial charge in [0.15, 0.2) is 5.82 Å². The minimum Gasteiger partial charge on any atom is -0.289 e. The first-order valence-electron chi connectivity index (χ1n) is 7.20. The maximum absolute atomic E-state index is 13.2. The predicted molar refractivity (Wildman–Crippen MR) is 94.6 cm³/mol. The van der Waals surface area contributed by atoms with Gasteiger partial charge >= 0.3 is 11.9 Å². The average molecular weight is 463 g/mol. The van der Waals surface area contributed by atoms with E-state index in [4.69, 9.17) is 0 Å². The van der Waals surface area contributed by atoms with Crippen LogP contribution >= 0.6 is 15.9 Å². The number of aromatic amines is 2. The fourth-order valence-corrected chi connectivity index (χ4v) is 3.88. The van der Waals surface area contributed by atoms with Gasteiger partial charge in [-0.15, -0.1) is 0 Å². The first-order chi connectivity index (χ1) is 12.5. The largest absolute Gasteiger partial charge is 0.416 e. The molecule has 0 saturated heterocycles. The molecule has 2 aromatic carbocycles. The zero-order valence-corrected chi connectivity index (χ0v) is 15.5. The lowest BCUT2D eigenvalue weighted by atomic mass is 10.1. The molecule has 3 rings (SSSR count). The lowest BCUT2D eigenvalue weighted by Crippen LogP contribution is -2.14. The molecule has 3 N–H and O–H groups in total. The lowest BCUT2D eigenvalue weighted by Gasteiger charge is -2.13. The van der Waals surface area contributed by atoms with Crippen LogP contribution in [0, 0.1) is 0 Å². The van der Waals surface area contributed by atoms with Crippen molar-refractivity contribution in [2.45, 2.75) is 11.1 Å². The highest BCUT2D eigenvalue weighted by molar-refractivity contribution is 9.10. The SMILES string of the molecule is O=c1[nH]nc(-c2cc(NS(=O)(=O)c3cccc(Br)c3)cc(C(F)(F)F)c2)[nH]1. The molecule has 0 aliphatic heterocycles. The van der Waals surface area contributed by atoms with Gasteiger partial charge in [0.05, 0.1) is 16.1 Å². The second kappa shape index (κ2) is 6.85. The quantitative estimate of drug-likeness (QED) is 0.552. The normalized spacial score (nSPS) is 12.1. The molecule has 0 saturated carbocycles. The molecule has 0 atom stereocenters. The second-order valence-corrected chi connectivity index (χ2v) is 7.98. The van der Waals surface area contributed by atoms with Gasteiger partial charge in [-0.25, -0.2) is 18.3 Å². The zero-order valence-electron chi connectivity index (χ0n) is 13.1. The zero-order chi connectivity index (χ0) is 19.8. The van der Waals surface area contributed by atoms with Gasteiger partial charge in [-0.1, -0.05) is 22.0 Å². The van der Waals surface area contributed by atoms with Crippen molar-refractivity contribution in [3.63, 3.8) is 0 Å². The fourth-order valence-electron chi connectivity index (χ4n) is 2.24. The molecule has 0 bridgehead atoms. The van der Waals surface area contributed by atoms with Gasteiger partial charge in [-0.05, 0) is 36.4 Å². The van der Waals surface area contributed by atoms with Crippen molar-refractivity contribution >= 4 is 31.6 Å². The summed E-state index contributed by atoms with van der Waals surface area (Å²) >= 11 is 3.14. The molecule has 1 aromatic heterocycles. The highest BCUT2D eigenvalue weighted by Crippen LogP contribution is 2.34. The third kappa shape index (κ3) is 4.39. The monoisotopic (exact) mass is 462 g/mol. The van der Waals surface area contributed by atoms with E-state index in [1.54, 1.807) is 6.07 Å². The van der Waals surface area contributed by atoms with Crippen LogP contribution in [-0.2, 0) is 16.2 Å². The van der Waals surface area contributed by atoms with Crippen LogP contribution in [0.15, 0.2) is 56.6 Å². The first-order valence-corrected chi connectivity index (χ1v) is 9.48. The molecular weight excluding hydrogens is 453 g/mol. The molecule has 0 spiro atoms. The Morgan fingerprint density at radius 3 is 2.44 bits per heavy atom. The summed E-state index contributed by atoms with van der Waals surface area (Å²) in [6.07, 6.45) is -4.73. The second-order valence-electron chi connectivity index (χ2n) is 5.39. The van der Waals surface area contributed by atoms with Gasteiger partial charge in [0.25, 0.3) is 10.0 Å². The third-order valence-corrected chi connectivity index (χ3v) is 5.27. The topological polar surface area (TPSA) is 108 Å². The van der Waals surface area contributed by atoms with Crippen molar-refractivity contribution in [3.05, 3.63) is 63.0 Å². The molecule has 1 heterocycles. The Labute approximate surface area is 158 Å². The Kier molecular flexibility index (Phi) is 4.86. The Bertz CT molecular complexity index is 1160. The molecular formula is C15H10BrF3N4O3S. The number of hydrogen-bond donors (Lipinski definition) is 3. The molecule has 0 radical (unpaired) electrons. The Morgan fingerprint density at radius 2 is 1.85 bits per heavy atom. The van der Waals surface area contributed by atoms with Crippen molar-refractivity contribution in [2.75, 3.05) is 4.72 Å². The van der Waals surface area contributed by atoms with Gasteiger partial charge in [-0.3, -0.25) is 9.71 Å². The minimum absolute atomic E-state index is 0.116. The highest BCUT2D eigenvalue weighted by Gasteiger charge is 2.32. The Morgan fingerprint density at radius 1 is 1.11 bits per heavy atom. The van der Waals surface area contributed by atoms with Crippen LogP contribution in [0.5, 0.6) is 0 Å². The van der Waals surface area contributed by atoms with E-state index in [1.807, 2.05) is 5.10 Å². The summed E-state index contributed by atoms with van der Waals surface area (Å²) in [7, 11) is -4.14. The van der Waals surface area contributed by atoms with E-state index < -0.39 is 27.5 Å². The highest BCUT2D eigenvalue weighted by atomic mass is 79.9. The molecule has 142 valence electrons. The van der Waals surface area contributed by atoms with E-state index >= 15 is 0 Å². The summed E-state index contributed by atoms with van der Waals surface area (Å²) in [5, 5.41) is 5.61. The van der Waals surface area contributed by atoms with Crippen LogP contribution < -0.4 is 10.4 Å². The van der Waals surface area contributed by atoms with E-state index in [9.17, 15) is 26.4 Å². The standard InChI is InChI=1S/C15H10BrF3N4O3S/c16-10-2-1-3-12(7-10)27(25,26)23-11-5-8(13-20-14(24)22-21-13)4-9(6-11)15(17,18)19/h1-7,23H,(H2,20,21,22,24). The van der Waals surface area contributed by atoms with Crippen LogP contribution in [0.3, 0.4) is 0 Å². The summed E-state index contributed by atoms with van der Waals surface area (Å²) in [6, 6.07) is 8.23. The van der Waals surface area contributed by atoms with Crippen molar-refractivity contribution in [1.29, 1.82) is 0 Å². The number of sulfonamides is 1. The number of hydrogen-bond acceptors (Lipinski definition) is 4. The van der Waals surface area contributed by atoms with Crippen molar-refractivity contribution in [1.82, 2.24) is 15.2 Å². The third-order valence-electron chi connectivity index (χ3n) is 3.39. The van der Waals surface area contributed by atoms with Crippen molar-refractivity contribution < 1.29 is 21.6 Å². The summed E-state index contributed by atoms with van der Waals surface area (Å²) < 4.78 is 67.1. The Balaban J connectivity index is 2.08. The molecule has 0 amide bonds. The fraction of sp³-hybridized carbons (Fsp3) is 0.0667. The summed E-state index contributed by atoms with van der Waals surface area (Å²) in [5.74, 6) is -0.158. The molecule has 0 aliphatic rings. The summed E-state index contributed by atoms with van der Waals surface area (Å²) in [6.45, 7) is 0. The molecule has 27 heavy (non-hydrogen) atoms. The number of nitrogens with one attached hydrogen (secondary N) is 3. The Hall–Kier alpha value is -2.60. The van der Waals surface area contributed by atoms with Crippen LogP contribution in [-0.4, -0.2) is 23.6 Å². The molecule has 0 fully saturated rings. The molecule has 0 aliphatic carbocycles. The number of halogens is 4. The van der Waals surface area contributed by atoms with Gasteiger partial charge in [0, 0.05) is 10.0 Å². The number of rotatable bonds is 4. The van der Waals surface area contributed by atoms with E-state index in [0.717, 1.165) is 12.1 Å². The maximum atomic E-state index is 13.2. The van der Waals surface area contributed by atoms with Crippen LogP contribution in [0.1, 0.15) is 5.56 Å². The van der Waals surface area contributed by atoms with Gasteiger partial charge in [-0.2, -0.15) is 18.3 Å². The minimum atomic E-state index is -4.73. The van der Waals surface area contributed by atoms with Crippen LogP contribution in [0.2, 0.25) is 0 Å². The number of H-pyrrole nitrogens is 2. The lowest BCUT2D eigenvalue weighted by molar-refractivity contribution is -0.137. The molecule has 12 heteroatoms. The van der Waals surface area contributed by atoms with E-state index in [2.05, 4.69) is 30.7 Å². The smallest absolute Gasteiger partial charge is 0.289 e. The van der Waals surface area contributed by atoms with Crippen molar-refractivity contribution in [2.24, 2.45) is 0 Å². The number of nitrogens with zero attached hydrogens (tertiary/aromatic N) is 1. The molecule has 3 aromatic rings. The first kappa shape index (κ1) is 19.2. The number of benzene rings is 2. The van der Waals surface area contributed by atoms with Crippen LogP contribution in [0.25, 0.3) is 11.4 Å². The summed E-state index contributed by atoms with van der Waals surface area (Å²) in [5.41, 5.74) is -2.26. The maximum Gasteiger partial charge on any atom is 0.416 e. The van der Waals surface area contributed by atoms with Gasteiger partial charge in [0.1, 0.15) is 0 Å². The molecule has 7 nitrogen and oxygen atoms in total. The number of anilines is 1. The van der Waals surface area contributed by atoms with E-state index in [0.29, 0.717) is 10.5 Å². The molecule has 0 unspecified atom stereocenters. The summed E-state index contributed by atoms with van der Waals surface area (Å²) in [4.78, 5) is 13.3. The van der Waals surface area contributed by atoms with Gasteiger partial charge in [0.2, 0.25) is 0 Å². The average Bonchev–Trinajstić information content (AvgIpc) is 3.00.